The fraction of sp³-hybridized carbons (Fsp3) is 0.625. The lowest BCUT2D eigenvalue weighted by Crippen LogP contribution is -2.22. The Balaban J connectivity index is 2.76. The van der Waals surface area contributed by atoms with Crippen molar-refractivity contribution in [3.8, 4) is 0 Å². The molecule has 1 radical (unpaired) electrons. The molecular weight excluding hydrogens is 256 g/mol. The summed E-state index contributed by atoms with van der Waals surface area (Å²) in [4.78, 5) is 0. The van der Waals surface area contributed by atoms with Crippen LogP contribution in [0.2, 0.25) is 0 Å². The van der Waals surface area contributed by atoms with Gasteiger partial charge in [0.2, 0.25) is 0 Å². The molecule has 0 aliphatic rings. The van der Waals surface area contributed by atoms with Gasteiger partial charge in [0.15, 0.2) is 12.6 Å². The van der Waals surface area contributed by atoms with Crippen LogP contribution >= 0.6 is 0 Å². The molecule has 0 saturated heterocycles. The molecule has 0 N–H and O–H groups in total. The molecule has 0 aliphatic heterocycles. The van der Waals surface area contributed by atoms with E-state index in [0.29, 0.717) is 26.1 Å². The first-order valence-electron chi connectivity index (χ1n) is 7.01. The molecule has 0 aliphatic carbocycles. The van der Waals surface area contributed by atoms with Crippen LogP contribution in [-0.2, 0) is 31.8 Å². The van der Waals surface area contributed by atoms with Gasteiger partial charge in [-0.05, 0) is 31.0 Å². The Kier molecular flexibility index (Phi) is 8.46. The summed E-state index contributed by atoms with van der Waals surface area (Å²) in [5.74, 6) is 0. The summed E-state index contributed by atoms with van der Waals surface area (Å²) >= 11 is 0. The molecule has 4 nitrogen and oxygen atoms in total. The van der Waals surface area contributed by atoms with Gasteiger partial charge in [-0.25, -0.2) is 0 Å². The van der Waals surface area contributed by atoms with E-state index in [1.165, 1.54) is 5.56 Å². The predicted octanol–water partition coefficient (Wildman–Crippen LogP) is 2.59. The SMILES string of the molecule is CCOC(Cc1c[c]ccc1CC(OC)OCC)OC. The predicted molar refractivity (Wildman–Crippen MR) is 77.5 cm³/mol. The van der Waals surface area contributed by atoms with Crippen molar-refractivity contribution < 1.29 is 18.9 Å². The van der Waals surface area contributed by atoms with Gasteiger partial charge in [0.25, 0.3) is 0 Å². The van der Waals surface area contributed by atoms with E-state index in [-0.39, 0.29) is 12.6 Å². The number of methoxy groups -OCH3 is 2. The minimum Gasteiger partial charge on any atom is -0.356 e. The second-order valence-corrected chi connectivity index (χ2v) is 4.34. The molecule has 1 aromatic rings. The second kappa shape index (κ2) is 9.88. The van der Waals surface area contributed by atoms with Crippen LogP contribution in [0.5, 0.6) is 0 Å². The minimum absolute atomic E-state index is 0.228. The molecule has 0 fully saturated rings. The zero-order chi connectivity index (χ0) is 14.8. The summed E-state index contributed by atoms with van der Waals surface area (Å²) in [7, 11) is 3.32. The largest absolute Gasteiger partial charge is 0.356 e. The Labute approximate surface area is 122 Å². The van der Waals surface area contributed by atoms with E-state index in [1.54, 1.807) is 14.2 Å². The van der Waals surface area contributed by atoms with E-state index in [0.717, 1.165) is 5.56 Å². The molecule has 0 saturated carbocycles. The van der Waals surface area contributed by atoms with Gasteiger partial charge in [-0.15, -0.1) is 0 Å². The number of hydrogen-bond donors (Lipinski definition) is 0. The molecule has 20 heavy (non-hydrogen) atoms. The quantitative estimate of drug-likeness (QED) is 0.618. The number of hydrogen-bond acceptors (Lipinski definition) is 4. The van der Waals surface area contributed by atoms with Gasteiger partial charge in [-0.3, -0.25) is 0 Å². The topological polar surface area (TPSA) is 36.9 Å². The average molecular weight is 281 g/mol. The summed E-state index contributed by atoms with van der Waals surface area (Å²) in [6.07, 6.45) is 0.938. The third-order valence-corrected chi connectivity index (χ3v) is 3.05. The monoisotopic (exact) mass is 281 g/mol. The molecular formula is C16H25O4. The third kappa shape index (κ3) is 5.59. The summed E-state index contributed by atoms with van der Waals surface area (Å²) in [6, 6.07) is 9.02. The van der Waals surface area contributed by atoms with Crippen molar-refractivity contribution in [1.82, 2.24) is 0 Å². The Morgan fingerprint density at radius 1 is 0.950 bits per heavy atom. The van der Waals surface area contributed by atoms with Crippen LogP contribution in [0.3, 0.4) is 0 Å². The van der Waals surface area contributed by atoms with Crippen LogP contribution in [-0.4, -0.2) is 40.0 Å². The first-order chi connectivity index (χ1) is 9.74. The first kappa shape index (κ1) is 17.1. The zero-order valence-electron chi connectivity index (χ0n) is 12.8. The zero-order valence-corrected chi connectivity index (χ0v) is 12.8. The fourth-order valence-corrected chi connectivity index (χ4v) is 2.04. The van der Waals surface area contributed by atoms with Crippen molar-refractivity contribution in [3.63, 3.8) is 0 Å². The lowest BCUT2D eigenvalue weighted by atomic mass is 10.0. The molecule has 2 atom stereocenters. The maximum Gasteiger partial charge on any atom is 0.161 e. The van der Waals surface area contributed by atoms with Gasteiger partial charge in [-0.1, -0.05) is 18.2 Å². The van der Waals surface area contributed by atoms with Crippen LogP contribution < -0.4 is 0 Å². The van der Waals surface area contributed by atoms with Gasteiger partial charge < -0.3 is 18.9 Å². The number of ether oxygens (including phenoxy) is 4. The molecule has 4 heteroatoms. The minimum atomic E-state index is -0.234. The highest BCUT2D eigenvalue weighted by Gasteiger charge is 2.14. The van der Waals surface area contributed by atoms with Crippen LogP contribution in [0.25, 0.3) is 0 Å². The maximum absolute atomic E-state index is 5.53. The highest BCUT2D eigenvalue weighted by atomic mass is 16.7. The van der Waals surface area contributed by atoms with Crippen molar-refractivity contribution in [2.24, 2.45) is 0 Å². The lowest BCUT2D eigenvalue weighted by molar-refractivity contribution is -0.121. The summed E-state index contributed by atoms with van der Waals surface area (Å²) in [6.45, 7) is 5.18. The molecule has 0 heterocycles. The molecule has 0 amide bonds. The smallest absolute Gasteiger partial charge is 0.161 e. The van der Waals surface area contributed by atoms with Crippen molar-refractivity contribution in [2.75, 3.05) is 27.4 Å². The first-order valence-corrected chi connectivity index (χ1v) is 7.01. The molecule has 2 unspecified atom stereocenters. The van der Waals surface area contributed by atoms with Gasteiger partial charge in [0.05, 0.1) is 0 Å². The van der Waals surface area contributed by atoms with Crippen LogP contribution in [0.4, 0.5) is 0 Å². The molecule has 113 valence electrons. The van der Waals surface area contributed by atoms with Gasteiger partial charge >= 0.3 is 0 Å². The average Bonchev–Trinajstić information content (AvgIpc) is 2.48. The molecule has 1 rings (SSSR count). The molecule has 0 spiro atoms. The fourth-order valence-electron chi connectivity index (χ4n) is 2.04. The van der Waals surface area contributed by atoms with E-state index in [4.69, 9.17) is 18.9 Å². The Morgan fingerprint density at radius 2 is 1.50 bits per heavy atom. The van der Waals surface area contributed by atoms with Crippen molar-refractivity contribution in [2.45, 2.75) is 39.3 Å². The van der Waals surface area contributed by atoms with E-state index >= 15 is 0 Å². The van der Waals surface area contributed by atoms with E-state index in [2.05, 4.69) is 6.07 Å². The molecule has 1 aromatic carbocycles. The Hall–Kier alpha value is -0.940. The van der Waals surface area contributed by atoms with Gasteiger partial charge in [0.1, 0.15) is 0 Å². The summed E-state index contributed by atoms with van der Waals surface area (Å²) in [5.41, 5.74) is 2.32. The highest BCUT2D eigenvalue weighted by Crippen LogP contribution is 2.16. The number of rotatable bonds is 10. The van der Waals surface area contributed by atoms with Gasteiger partial charge in [0, 0.05) is 40.3 Å². The lowest BCUT2D eigenvalue weighted by Gasteiger charge is -2.20. The Bertz CT molecular complexity index is 332. The van der Waals surface area contributed by atoms with Crippen molar-refractivity contribution in [3.05, 3.63) is 35.4 Å². The Morgan fingerprint density at radius 3 is 2.00 bits per heavy atom. The molecule has 0 aromatic heterocycles. The van der Waals surface area contributed by atoms with Crippen LogP contribution in [0.15, 0.2) is 18.2 Å². The normalized spacial score (nSPS) is 14.2. The standard InChI is InChI=1S/C16H25O4/c1-5-19-15(17-3)11-13-9-7-8-10-14(13)12-16(18-4)20-6-2/h7,9-10,15-16H,5-6,11-12H2,1-4H3. The van der Waals surface area contributed by atoms with Crippen LogP contribution in [0, 0.1) is 6.07 Å². The summed E-state index contributed by atoms with van der Waals surface area (Å²) < 4.78 is 21.7. The van der Waals surface area contributed by atoms with E-state index < -0.39 is 0 Å². The second-order valence-electron chi connectivity index (χ2n) is 4.34. The van der Waals surface area contributed by atoms with Gasteiger partial charge in [-0.2, -0.15) is 0 Å². The number of benzene rings is 1. The summed E-state index contributed by atoms with van der Waals surface area (Å²) in [5, 5.41) is 0. The van der Waals surface area contributed by atoms with E-state index in [9.17, 15) is 0 Å². The highest BCUT2D eigenvalue weighted by molar-refractivity contribution is 5.27. The van der Waals surface area contributed by atoms with Crippen molar-refractivity contribution in [1.29, 1.82) is 0 Å². The van der Waals surface area contributed by atoms with Crippen LogP contribution in [0.1, 0.15) is 25.0 Å². The third-order valence-electron chi connectivity index (χ3n) is 3.05. The molecule has 0 bridgehead atoms. The van der Waals surface area contributed by atoms with E-state index in [1.807, 2.05) is 32.0 Å². The maximum atomic E-state index is 5.53. The van der Waals surface area contributed by atoms with Crippen molar-refractivity contribution >= 4 is 0 Å².